The molecule has 1 aliphatic carbocycles. The van der Waals surface area contributed by atoms with Crippen LogP contribution in [-0.4, -0.2) is 68.5 Å². The van der Waals surface area contributed by atoms with Gasteiger partial charge in [0.15, 0.2) is 0 Å². The molecule has 2 aliphatic rings. The Kier molecular flexibility index (Phi) is 7.65. The van der Waals surface area contributed by atoms with Gasteiger partial charge in [-0.3, -0.25) is 9.59 Å². The quantitative estimate of drug-likeness (QED) is 0.518. The minimum atomic E-state index is -0.647. The summed E-state index contributed by atoms with van der Waals surface area (Å²) in [6.45, 7) is 0.471. The van der Waals surface area contributed by atoms with Gasteiger partial charge in [-0.05, 0) is 31.0 Å². The molecule has 1 atom stereocenters. The second-order valence-corrected chi connectivity index (χ2v) is 8.62. The molecule has 0 bridgehead atoms. The largest absolute Gasteiger partial charge is 0.497 e. The number of rotatable bonds is 10. The lowest BCUT2D eigenvalue weighted by atomic mass is 9.97. The molecule has 0 spiro atoms. The molecule has 8 nitrogen and oxygen atoms in total. The smallest absolute Gasteiger partial charge is 0.262 e. The lowest BCUT2D eigenvalue weighted by Crippen LogP contribution is -2.43. The third-order valence-electron chi connectivity index (χ3n) is 6.28. The van der Waals surface area contributed by atoms with Crippen molar-refractivity contribution in [1.82, 2.24) is 9.91 Å². The van der Waals surface area contributed by atoms with Crippen molar-refractivity contribution in [3.05, 3.63) is 59.4 Å². The van der Waals surface area contributed by atoms with Crippen molar-refractivity contribution >= 4 is 17.5 Å². The first kappa shape index (κ1) is 24.7. The van der Waals surface area contributed by atoms with Crippen LogP contribution in [0.2, 0.25) is 0 Å². The number of ether oxygens (including phenoxy) is 3. The lowest BCUT2D eigenvalue weighted by Gasteiger charge is -2.27. The first-order valence-electron chi connectivity index (χ1n) is 11.6. The molecule has 4 rings (SSSR count). The van der Waals surface area contributed by atoms with Crippen molar-refractivity contribution < 1.29 is 28.2 Å². The summed E-state index contributed by atoms with van der Waals surface area (Å²) < 4.78 is 30.8. The van der Waals surface area contributed by atoms with E-state index in [0.717, 1.165) is 12.8 Å². The monoisotopic (exact) mass is 483 g/mol. The van der Waals surface area contributed by atoms with Crippen LogP contribution in [0.1, 0.15) is 36.4 Å². The summed E-state index contributed by atoms with van der Waals surface area (Å²) >= 11 is 0. The van der Waals surface area contributed by atoms with Crippen LogP contribution >= 0.6 is 0 Å². The van der Waals surface area contributed by atoms with E-state index in [1.807, 2.05) is 6.07 Å². The Morgan fingerprint density at radius 1 is 1.11 bits per heavy atom. The van der Waals surface area contributed by atoms with Gasteiger partial charge in [0, 0.05) is 43.2 Å². The van der Waals surface area contributed by atoms with Crippen LogP contribution in [0.15, 0.2) is 47.6 Å². The summed E-state index contributed by atoms with van der Waals surface area (Å²) in [5.74, 6) is 0.260. The number of hydrogen-bond donors (Lipinski definition) is 0. The third-order valence-corrected chi connectivity index (χ3v) is 6.28. The highest BCUT2D eigenvalue weighted by atomic mass is 19.1. The molecule has 1 heterocycles. The number of hydrazone groups is 1. The van der Waals surface area contributed by atoms with Gasteiger partial charge >= 0.3 is 0 Å². The summed E-state index contributed by atoms with van der Waals surface area (Å²) in [6.07, 6.45) is 1.96. The van der Waals surface area contributed by atoms with E-state index in [-0.39, 0.29) is 24.3 Å². The molecule has 0 unspecified atom stereocenters. The Labute approximate surface area is 204 Å². The first-order chi connectivity index (χ1) is 17.0. The zero-order valence-electron chi connectivity index (χ0n) is 20.2. The van der Waals surface area contributed by atoms with Crippen LogP contribution in [0, 0.1) is 11.7 Å². The number of methoxy groups -OCH3 is 3. The Morgan fingerprint density at radius 2 is 1.89 bits per heavy atom. The average molecular weight is 484 g/mol. The number of carbonyl (C=O) groups is 2. The molecule has 9 heteroatoms. The first-order valence-corrected chi connectivity index (χ1v) is 11.6. The topological polar surface area (TPSA) is 80.7 Å². The molecule has 1 saturated carbocycles. The number of benzene rings is 2. The van der Waals surface area contributed by atoms with Gasteiger partial charge < -0.3 is 19.1 Å². The molecule has 1 aliphatic heterocycles. The van der Waals surface area contributed by atoms with Gasteiger partial charge in [-0.1, -0.05) is 18.2 Å². The predicted molar refractivity (Wildman–Crippen MR) is 128 cm³/mol. The average Bonchev–Trinajstić information content (AvgIpc) is 3.64. The van der Waals surface area contributed by atoms with E-state index in [0.29, 0.717) is 47.9 Å². The molecular formula is C26H30FN3O5. The van der Waals surface area contributed by atoms with E-state index in [9.17, 15) is 14.0 Å². The molecule has 35 heavy (non-hydrogen) atoms. The van der Waals surface area contributed by atoms with E-state index in [4.69, 9.17) is 14.2 Å². The molecule has 0 aromatic heterocycles. The standard InChI is InChI=1S/C26H30FN3O5/c1-33-13-12-29(26(32)17-8-9-17)16-25(31)30-23(19-6-4-5-7-21(19)27)15-22(28-30)20-11-10-18(34-2)14-24(20)35-3/h4-7,10-11,14,17,23H,8-9,12-13,15-16H2,1-3H3/t23-/m0/s1. The molecule has 186 valence electrons. The Morgan fingerprint density at radius 3 is 2.54 bits per heavy atom. The second kappa shape index (κ2) is 10.9. The summed E-state index contributed by atoms with van der Waals surface area (Å²) in [6, 6.07) is 11.0. The fraction of sp³-hybridized carbons (Fsp3) is 0.423. The van der Waals surface area contributed by atoms with Crippen molar-refractivity contribution in [2.45, 2.75) is 25.3 Å². The van der Waals surface area contributed by atoms with Crippen LogP contribution < -0.4 is 9.47 Å². The Balaban J connectivity index is 1.66. The maximum Gasteiger partial charge on any atom is 0.262 e. The molecule has 0 N–H and O–H groups in total. The van der Waals surface area contributed by atoms with Crippen LogP contribution in [-0.2, 0) is 14.3 Å². The van der Waals surface area contributed by atoms with E-state index in [1.54, 1.807) is 51.7 Å². The van der Waals surface area contributed by atoms with Crippen molar-refractivity contribution in [1.29, 1.82) is 0 Å². The number of nitrogens with zero attached hydrogens (tertiary/aromatic N) is 3. The normalized spacial score (nSPS) is 17.2. The van der Waals surface area contributed by atoms with Crippen LogP contribution in [0.4, 0.5) is 4.39 Å². The minimum Gasteiger partial charge on any atom is -0.497 e. The number of amides is 2. The summed E-state index contributed by atoms with van der Waals surface area (Å²) in [4.78, 5) is 27.8. The van der Waals surface area contributed by atoms with Gasteiger partial charge in [-0.2, -0.15) is 5.10 Å². The SMILES string of the molecule is COCCN(CC(=O)N1N=C(c2ccc(OC)cc2OC)C[C@H]1c1ccccc1F)C(=O)C1CC1. The highest BCUT2D eigenvalue weighted by molar-refractivity contribution is 6.05. The molecular weight excluding hydrogens is 453 g/mol. The van der Waals surface area contributed by atoms with Crippen molar-refractivity contribution in [3.8, 4) is 11.5 Å². The van der Waals surface area contributed by atoms with Crippen molar-refractivity contribution in [3.63, 3.8) is 0 Å². The van der Waals surface area contributed by atoms with Gasteiger partial charge in [0.25, 0.3) is 5.91 Å². The third kappa shape index (κ3) is 5.45. The molecule has 0 saturated heterocycles. The van der Waals surface area contributed by atoms with Gasteiger partial charge in [0.1, 0.15) is 23.9 Å². The van der Waals surface area contributed by atoms with Crippen LogP contribution in [0.3, 0.4) is 0 Å². The number of hydrogen-bond acceptors (Lipinski definition) is 6. The molecule has 2 aromatic rings. The summed E-state index contributed by atoms with van der Waals surface area (Å²) in [7, 11) is 4.66. The fourth-order valence-electron chi connectivity index (χ4n) is 4.22. The number of halogens is 1. The second-order valence-electron chi connectivity index (χ2n) is 8.62. The molecule has 2 aromatic carbocycles. The zero-order valence-corrected chi connectivity index (χ0v) is 20.2. The van der Waals surface area contributed by atoms with Gasteiger partial charge in [-0.15, -0.1) is 0 Å². The highest BCUT2D eigenvalue weighted by Gasteiger charge is 2.38. The van der Waals surface area contributed by atoms with E-state index >= 15 is 0 Å². The van der Waals surface area contributed by atoms with Crippen LogP contribution in [0.25, 0.3) is 0 Å². The highest BCUT2D eigenvalue weighted by Crippen LogP contribution is 2.37. The lowest BCUT2D eigenvalue weighted by molar-refractivity contribution is -0.142. The van der Waals surface area contributed by atoms with Crippen LogP contribution in [0.5, 0.6) is 11.5 Å². The fourth-order valence-corrected chi connectivity index (χ4v) is 4.22. The Bertz CT molecular complexity index is 1120. The Hall–Kier alpha value is -3.46. The van der Waals surface area contributed by atoms with E-state index < -0.39 is 11.9 Å². The van der Waals surface area contributed by atoms with Gasteiger partial charge in [0.2, 0.25) is 5.91 Å². The summed E-state index contributed by atoms with van der Waals surface area (Å²) in [5.41, 5.74) is 1.64. The maximum absolute atomic E-state index is 14.8. The summed E-state index contributed by atoms with van der Waals surface area (Å²) in [5, 5.41) is 5.92. The molecule has 2 amide bonds. The van der Waals surface area contributed by atoms with Crippen molar-refractivity contribution in [2.75, 3.05) is 41.0 Å². The maximum atomic E-state index is 14.8. The zero-order chi connectivity index (χ0) is 24.9. The van der Waals surface area contributed by atoms with Gasteiger partial charge in [0.05, 0.1) is 32.6 Å². The molecule has 0 radical (unpaired) electrons. The van der Waals surface area contributed by atoms with Crippen molar-refractivity contribution in [2.24, 2.45) is 11.0 Å². The van der Waals surface area contributed by atoms with Gasteiger partial charge in [-0.25, -0.2) is 9.40 Å². The predicted octanol–water partition coefficient (Wildman–Crippen LogP) is 3.41. The number of carbonyl (C=O) groups excluding carboxylic acids is 2. The minimum absolute atomic E-state index is 0.0387. The van der Waals surface area contributed by atoms with E-state index in [2.05, 4.69) is 5.10 Å². The molecule has 1 fully saturated rings. The van der Waals surface area contributed by atoms with E-state index in [1.165, 1.54) is 16.0 Å².